The molecular formula is C17H20ClN3O5S. The van der Waals surface area contributed by atoms with Gasteiger partial charge in [-0.15, -0.1) is 24.2 Å². The Kier molecular flexibility index (Phi) is 6.53. The van der Waals surface area contributed by atoms with Crippen molar-refractivity contribution in [3.8, 4) is 0 Å². The number of fused-ring (bicyclic) bond motifs is 1. The lowest BCUT2D eigenvalue weighted by Crippen LogP contribution is -2.71. The number of benzene rings is 1. The fourth-order valence-corrected chi connectivity index (χ4v) is 4.44. The van der Waals surface area contributed by atoms with Crippen LogP contribution >= 0.6 is 24.2 Å². The van der Waals surface area contributed by atoms with Crippen molar-refractivity contribution in [2.75, 3.05) is 12.9 Å². The first kappa shape index (κ1) is 21.2. The molecule has 8 nitrogen and oxygen atoms in total. The molecular weight excluding hydrogens is 394 g/mol. The lowest BCUT2D eigenvalue weighted by atomic mass is 10.0. The highest BCUT2D eigenvalue weighted by atomic mass is 35.5. The van der Waals surface area contributed by atoms with Gasteiger partial charge in [0.1, 0.15) is 17.1 Å². The molecule has 2 unspecified atom stereocenters. The molecule has 2 heterocycles. The molecule has 0 aliphatic carbocycles. The van der Waals surface area contributed by atoms with Gasteiger partial charge in [-0.3, -0.25) is 19.3 Å². The van der Waals surface area contributed by atoms with Crippen molar-refractivity contribution in [1.29, 1.82) is 0 Å². The van der Waals surface area contributed by atoms with Gasteiger partial charge in [0.05, 0.1) is 7.11 Å². The van der Waals surface area contributed by atoms with Crippen LogP contribution in [0.25, 0.3) is 0 Å². The Bertz CT molecular complexity index is 788. The van der Waals surface area contributed by atoms with Crippen LogP contribution in [0.5, 0.6) is 0 Å². The average Bonchev–Trinajstić information content (AvgIpc) is 2.65. The number of carbonyl (C=O) groups excluding carboxylic acids is 2. The zero-order valence-electron chi connectivity index (χ0n) is 14.7. The van der Waals surface area contributed by atoms with Gasteiger partial charge in [0, 0.05) is 5.75 Å². The highest BCUT2D eigenvalue weighted by Gasteiger charge is 2.57. The molecule has 0 spiro atoms. The molecule has 1 aromatic carbocycles. The molecule has 0 saturated carbocycles. The molecule has 0 radical (unpaired) electrons. The van der Waals surface area contributed by atoms with E-state index in [4.69, 9.17) is 10.6 Å². The number of halogens is 1. The molecule has 2 aliphatic rings. The minimum absolute atomic E-state index is 0. The minimum Gasteiger partial charge on any atom is -0.477 e. The van der Waals surface area contributed by atoms with Crippen molar-refractivity contribution in [2.24, 2.45) is 5.73 Å². The van der Waals surface area contributed by atoms with Gasteiger partial charge < -0.3 is 10.8 Å². The quantitative estimate of drug-likeness (QED) is 0.549. The van der Waals surface area contributed by atoms with Crippen LogP contribution in [0.4, 0.5) is 0 Å². The molecule has 0 bridgehead atoms. The van der Waals surface area contributed by atoms with E-state index in [1.807, 2.05) is 6.07 Å². The summed E-state index contributed by atoms with van der Waals surface area (Å²) >= 11 is 1.39. The Balaban J connectivity index is 0.00000261. The third-order valence-corrected chi connectivity index (χ3v) is 5.83. The van der Waals surface area contributed by atoms with E-state index in [-0.39, 0.29) is 18.1 Å². The molecule has 1 aromatic rings. The van der Waals surface area contributed by atoms with E-state index in [9.17, 15) is 19.5 Å². The van der Waals surface area contributed by atoms with Crippen molar-refractivity contribution in [3.05, 3.63) is 47.2 Å². The fourth-order valence-electron chi connectivity index (χ4n) is 3.12. The first-order valence-corrected chi connectivity index (χ1v) is 8.98. The van der Waals surface area contributed by atoms with E-state index in [2.05, 4.69) is 0 Å². The zero-order chi connectivity index (χ0) is 19.0. The second-order valence-corrected chi connectivity index (χ2v) is 7.13. The number of β-lactam (4-membered cyclic amide) rings is 1. The van der Waals surface area contributed by atoms with Crippen molar-refractivity contribution in [3.63, 3.8) is 0 Å². The van der Waals surface area contributed by atoms with Crippen LogP contribution in [0.2, 0.25) is 0 Å². The molecule has 3 N–H and O–H groups in total. The first-order valence-electron chi connectivity index (χ1n) is 7.94. The molecule has 146 valence electrons. The number of carboxylic acids is 1. The number of rotatable bonds is 5. The number of thioether (sulfide) groups is 1. The Morgan fingerprint density at radius 1 is 1.37 bits per heavy atom. The molecule has 0 aromatic heterocycles. The third-order valence-electron chi connectivity index (χ3n) is 4.42. The number of nitrogens with zero attached hydrogens (tertiary/aromatic N) is 2. The van der Waals surface area contributed by atoms with Crippen LogP contribution in [0.3, 0.4) is 0 Å². The van der Waals surface area contributed by atoms with Gasteiger partial charge in [0.25, 0.3) is 11.8 Å². The number of amides is 2. The number of hydroxylamine groups is 2. The SMILES string of the molecule is CON(C(=O)C(N)c1ccccc1)C1C(=O)N2C(C(=O)O)=C(C)CS[C@@H]12.Cl. The maximum atomic E-state index is 12.8. The number of carbonyl (C=O) groups is 3. The third kappa shape index (κ3) is 3.55. The summed E-state index contributed by atoms with van der Waals surface area (Å²) < 4.78 is 0. The van der Waals surface area contributed by atoms with Crippen LogP contribution in [0.1, 0.15) is 18.5 Å². The topological polar surface area (TPSA) is 113 Å². The Morgan fingerprint density at radius 3 is 2.56 bits per heavy atom. The summed E-state index contributed by atoms with van der Waals surface area (Å²) in [6.07, 6.45) is 0. The molecule has 1 saturated heterocycles. The number of hydrogen-bond acceptors (Lipinski definition) is 6. The number of nitrogens with two attached hydrogens (primary N) is 1. The molecule has 2 aliphatic heterocycles. The Morgan fingerprint density at radius 2 is 2.00 bits per heavy atom. The van der Waals surface area contributed by atoms with E-state index >= 15 is 0 Å². The number of aliphatic carboxylic acids is 1. The molecule has 10 heteroatoms. The second-order valence-electron chi connectivity index (χ2n) is 6.02. The molecule has 3 atom stereocenters. The maximum Gasteiger partial charge on any atom is 0.352 e. The minimum atomic E-state index is -1.16. The van der Waals surface area contributed by atoms with Gasteiger partial charge in [-0.2, -0.15) is 0 Å². The highest BCUT2D eigenvalue weighted by molar-refractivity contribution is 8.00. The van der Waals surface area contributed by atoms with E-state index in [1.165, 1.54) is 23.8 Å². The molecule has 2 amide bonds. The van der Waals surface area contributed by atoms with E-state index in [0.717, 1.165) is 5.06 Å². The van der Waals surface area contributed by atoms with Crippen LogP contribution in [-0.2, 0) is 19.2 Å². The number of hydrogen-bond donors (Lipinski definition) is 2. The van der Waals surface area contributed by atoms with Crippen molar-refractivity contribution < 1.29 is 24.3 Å². The van der Waals surface area contributed by atoms with Crippen LogP contribution in [-0.4, -0.2) is 57.1 Å². The monoisotopic (exact) mass is 413 g/mol. The van der Waals surface area contributed by atoms with E-state index < -0.39 is 35.2 Å². The van der Waals surface area contributed by atoms with Gasteiger partial charge in [0.2, 0.25) is 0 Å². The predicted molar refractivity (Wildman–Crippen MR) is 102 cm³/mol. The van der Waals surface area contributed by atoms with Gasteiger partial charge in [-0.25, -0.2) is 9.86 Å². The van der Waals surface area contributed by atoms with Gasteiger partial charge in [-0.05, 0) is 18.1 Å². The van der Waals surface area contributed by atoms with Crippen LogP contribution in [0, 0.1) is 0 Å². The molecule has 27 heavy (non-hydrogen) atoms. The molecule has 1 fully saturated rings. The largest absolute Gasteiger partial charge is 0.477 e. The smallest absolute Gasteiger partial charge is 0.352 e. The summed E-state index contributed by atoms with van der Waals surface area (Å²) in [7, 11) is 1.29. The van der Waals surface area contributed by atoms with Gasteiger partial charge in [-0.1, -0.05) is 30.3 Å². The summed E-state index contributed by atoms with van der Waals surface area (Å²) in [5, 5.41) is 9.84. The van der Waals surface area contributed by atoms with Crippen molar-refractivity contribution in [1.82, 2.24) is 9.96 Å². The Labute approximate surface area is 166 Å². The summed E-state index contributed by atoms with van der Waals surface area (Å²) in [6.45, 7) is 1.68. The van der Waals surface area contributed by atoms with Gasteiger partial charge in [0.15, 0.2) is 6.04 Å². The highest BCUT2D eigenvalue weighted by Crippen LogP contribution is 2.42. The van der Waals surface area contributed by atoms with E-state index in [0.29, 0.717) is 16.9 Å². The summed E-state index contributed by atoms with van der Waals surface area (Å²) in [5.41, 5.74) is 7.23. The summed E-state index contributed by atoms with van der Waals surface area (Å²) in [4.78, 5) is 43.3. The van der Waals surface area contributed by atoms with Crippen molar-refractivity contribution in [2.45, 2.75) is 24.4 Å². The Hall–Kier alpha value is -2.07. The predicted octanol–water partition coefficient (Wildman–Crippen LogP) is 1.14. The number of carboxylic acid groups (broad SMARTS) is 1. The summed E-state index contributed by atoms with van der Waals surface area (Å²) in [5.74, 6) is -1.74. The van der Waals surface area contributed by atoms with Crippen molar-refractivity contribution >= 4 is 42.0 Å². The average molecular weight is 414 g/mol. The standard InChI is InChI=1S/C17H19N3O5S.ClH/c1-9-8-26-16-13(15(22)19(16)12(9)17(23)24)20(25-2)14(21)11(18)10-6-4-3-5-7-10;/h3-7,11,13,16H,8,18H2,1-2H3,(H,23,24);1H/t11?,13?,16-;/m0./s1. The fraction of sp³-hybridized carbons (Fsp3) is 0.353. The molecule has 3 rings (SSSR count). The lowest BCUT2D eigenvalue weighted by Gasteiger charge is -2.51. The summed E-state index contributed by atoms with van der Waals surface area (Å²) in [6, 6.07) is 6.88. The maximum absolute atomic E-state index is 12.8. The zero-order valence-corrected chi connectivity index (χ0v) is 16.3. The second kappa shape index (κ2) is 8.30. The first-order chi connectivity index (χ1) is 12.4. The van der Waals surface area contributed by atoms with Gasteiger partial charge >= 0.3 is 5.97 Å². The van der Waals surface area contributed by atoms with Crippen LogP contribution < -0.4 is 5.73 Å². The lowest BCUT2D eigenvalue weighted by molar-refractivity contribution is -0.209. The normalized spacial score (nSPS) is 22.3. The van der Waals surface area contributed by atoms with Crippen LogP contribution in [0.15, 0.2) is 41.6 Å². The van der Waals surface area contributed by atoms with E-state index in [1.54, 1.807) is 31.2 Å².